The van der Waals surface area contributed by atoms with Crippen LogP contribution in [0, 0.1) is 0 Å². The Morgan fingerprint density at radius 1 is 1.09 bits per heavy atom. The van der Waals surface area contributed by atoms with Crippen LogP contribution in [0.25, 0.3) is 11.0 Å². The molecule has 4 heteroatoms. The number of hydrogen-bond donors (Lipinski definition) is 1. The first-order chi connectivity index (χ1) is 11.2. The normalized spacial score (nSPS) is 15.9. The molecule has 0 unspecified atom stereocenters. The smallest absolute Gasteiger partial charge is 0.347 e. The minimum absolute atomic E-state index is 0.163. The summed E-state index contributed by atoms with van der Waals surface area (Å²) in [6, 6.07) is 7.90. The standard InChI is InChI=1S/C19H26N2O2/c1-3-21(4-2)18-15-10-6-7-11-17(15)23-19(22)16(18)14-20-12-8-5-9-13-20/h6-7,10-11H,3-5,8-9,12-14H2,1-2H3/p+1. The van der Waals surface area contributed by atoms with E-state index < -0.39 is 0 Å². The van der Waals surface area contributed by atoms with Gasteiger partial charge in [0, 0.05) is 18.5 Å². The zero-order valence-corrected chi connectivity index (χ0v) is 14.2. The molecular weight excluding hydrogens is 288 g/mol. The number of nitrogens with zero attached hydrogens (tertiary/aromatic N) is 1. The second-order valence-corrected chi connectivity index (χ2v) is 6.37. The van der Waals surface area contributed by atoms with Gasteiger partial charge in [-0.2, -0.15) is 0 Å². The SMILES string of the molecule is CCN(CC)c1c(C[NH+]2CCCCC2)c(=O)oc2ccccc12. The van der Waals surface area contributed by atoms with E-state index in [1.807, 2.05) is 18.2 Å². The molecule has 0 saturated carbocycles. The summed E-state index contributed by atoms with van der Waals surface area (Å²) in [7, 11) is 0. The molecule has 1 aromatic heterocycles. The third kappa shape index (κ3) is 3.27. The lowest BCUT2D eigenvalue weighted by Gasteiger charge is -2.28. The Morgan fingerprint density at radius 3 is 2.48 bits per heavy atom. The van der Waals surface area contributed by atoms with E-state index in [0.717, 1.165) is 49.4 Å². The molecule has 2 heterocycles. The fourth-order valence-corrected chi connectivity index (χ4v) is 3.71. The monoisotopic (exact) mass is 315 g/mol. The van der Waals surface area contributed by atoms with E-state index in [1.54, 1.807) is 0 Å². The second-order valence-electron chi connectivity index (χ2n) is 6.37. The summed E-state index contributed by atoms with van der Waals surface area (Å²) in [6.45, 7) is 9.17. The number of hydrogen-bond acceptors (Lipinski definition) is 3. The Bertz CT molecular complexity index is 713. The van der Waals surface area contributed by atoms with E-state index in [9.17, 15) is 4.79 Å². The zero-order chi connectivity index (χ0) is 16.2. The quantitative estimate of drug-likeness (QED) is 0.860. The Kier molecular flexibility index (Phi) is 5.01. The van der Waals surface area contributed by atoms with Crippen molar-refractivity contribution in [1.29, 1.82) is 0 Å². The van der Waals surface area contributed by atoms with E-state index in [4.69, 9.17) is 4.42 Å². The van der Waals surface area contributed by atoms with Crippen molar-refractivity contribution in [3.63, 3.8) is 0 Å². The van der Waals surface area contributed by atoms with Crippen molar-refractivity contribution in [2.75, 3.05) is 31.1 Å². The fraction of sp³-hybridized carbons (Fsp3) is 0.526. The molecule has 0 radical (unpaired) electrons. The van der Waals surface area contributed by atoms with Crippen LogP contribution >= 0.6 is 0 Å². The van der Waals surface area contributed by atoms with Crippen molar-refractivity contribution >= 4 is 16.7 Å². The van der Waals surface area contributed by atoms with Crippen molar-refractivity contribution in [2.45, 2.75) is 39.7 Å². The first kappa shape index (κ1) is 16.1. The van der Waals surface area contributed by atoms with Crippen LogP contribution < -0.4 is 15.4 Å². The average Bonchev–Trinajstić information content (AvgIpc) is 2.59. The van der Waals surface area contributed by atoms with Gasteiger partial charge in [-0.15, -0.1) is 0 Å². The fourth-order valence-electron chi connectivity index (χ4n) is 3.71. The van der Waals surface area contributed by atoms with Gasteiger partial charge < -0.3 is 14.2 Å². The molecule has 2 aromatic rings. The summed E-state index contributed by atoms with van der Waals surface area (Å²) in [6.07, 6.45) is 3.84. The number of rotatable bonds is 5. The highest BCUT2D eigenvalue weighted by atomic mass is 16.4. The molecule has 0 aliphatic carbocycles. The van der Waals surface area contributed by atoms with Crippen LogP contribution in [0.2, 0.25) is 0 Å². The molecule has 1 aliphatic rings. The molecule has 0 spiro atoms. The van der Waals surface area contributed by atoms with E-state index in [-0.39, 0.29) is 5.63 Å². The van der Waals surface area contributed by atoms with Crippen LogP contribution in [0.1, 0.15) is 38.7 Å². The van der Waals surface area contributed by atoms with Gasteiger partial charge in [0.1, 0.15) is 17.7 Å². The molecule has 3 rings (SSSR count). The van der Waals surface area contributed by atoms with Crippen LogP contribution in [0.3, 0.4) is 0 Å². The highest BCUT2D eigenvalue weighted by Gasteiger charge is 2.23. The summed E-state index contributed by atoms with van der Waals surface area (Å²) in [5, 5.41) is 1.06. The Morgan fingerprint density at radius 2 is 1.78 bits per heavy atom. The van der Waals surface area contributed by atoms with Gasteiger partial charge in [-0.05, 0) is 45.2 Å². The molecule has 124 valence electrons. The third-order valence-corrected chi connectivity index (χ3v) is 4.94. The maximum absolute atomic E-state index is 12.7. The molecule has 23 heavy (non-hydrogen) atoms. The highest BCUT2D eigenvalue weighted by Crippen LogP contribution is 2.28. The molecule has 1 aliphatic heterocycles. The number of nitrogens with one attached hydrogen (secondary N) is 1. The van der Waals surface area contributed by atoms with Gasteiger partial charge >= 0.3 is 5.63 Å². The average molecular weight is 315 g/mol. The highest BCUT2D eigenvalue weighted by molar-refractivity contribution is 5.91. The van der Waals surface area contributed by atoms with Gasteiger partial charge in [-0.25, -0.2) is 4.79 Å². The molecule has 1 N–H and O–H groups in total. The van der Waals surface area contributed by atoms with Crippen molar-refractivity contribution in [3.05, 3.63) is 40.2 Å². The largest absolute Gasteiger partial charge is 0.422 e. The molecule has 0 atom stereocenters. The predicted octanol–water partition coefficient (Wildman–Crippen LogP) is 2.21. The zero-order valence-electron chi connectivity index (χ0n) is 14.2. The molecule has 1 aromatic carbocycles. The Hall–Kier alpha value is -1.81. The summed E-state index contributed by atoms with van der Waals surface area (Å²) in [4.78, 5) is 16.5. The van der Waals surface area contributed by atoms with Crippen molar-refractivity contribution in [2.24, 2.45) is 0 Å². The lowest BCUT2D eigenvalue weighted by Crippen LogP contribution is -3.11. The van der Waals surface area contributed by atoms with Crippen LogP contribution in [-0.4, -0.2) is 26.2 Å². The van der Waals surface area contributed by atoms with Crippen molar-refractivity contribution < 1.29 is 9.32 Å². The van der Waals surface area contributed by atoms with Gasteiger partial charge in [0.25, 0.3) is 0 Å². The number of anilines is 1. The maximum Gasteiger partial charge on any atom is 0.347 e. The first-order valence-corrected chi connectivity index (χ1v) is 8.87. The van der Waals surface area contributed by atoms with E-state index in [0.29, 0.717) is 5.58 Å². The summed E-state index contributed by atoms with van der Waals surface area (Å²) in [5.41, 5.74) is 2.46. The van der Waals surface area contributed by atoms with Gasteiger partial charge in [0.2, 0.25) is 0 Å². The van der Waals surface area contributed by atoms with Crippen LogP contribution in [0.15, 0.2) is 33.5 Å². The molecule has 0 bridgehead atoms. The summed E-state index contributed by atoms with van der Waals surface area (Å²) < 4.78 is 5.62. The van der Waals surface area contributed by atoms with E-state index >= 15 is 0 Å². The third-order valence-electron chi connectivity index (χ3n) is 4.94. The Balaban J connectivity index is 2.12. The number of para-hydroxylation sites is 1. The topological polar surface area (TPSA) is 37.9 Å². The minimum atomic E-state index is -0.163. The number of piperidine rings is 1. The Labute approximate surface area is 137 Å². The number of likely N-dealkylation sites (tertiary alicyclic amines) is 1. The second kappa shape index (κ2) is 7.18. The number of quaternary nitrogens is 1. The van der Waals surface area contributed by atoms with Crippen LogP contribution in [-0.2, 0) is 6.54 Å². The van der Waals surface area contributed by atoms with Gasteiger partial charge in [-0.3, -0.25) is 0 Å². The molecule has 1 fully saturated rings. The van der Waals surface area contributed by atoms with Gasteiger partial charge in [0.05, 0.1) is 18.8 Å². The molecule has 4 nitrogen and oxygen atoms in total. The van der Waals surface area contributed by atoms with Crippen molar-refractivity contribution in [3.8, 4) is 0 Å². The lowest BCUT2D eigenvalue weighted by atomic mass is 10.1. The number of benzene rings is 1. The summed E-state index contributed by atoms with van der Waals surface area (Å²) in [5.74, 6) is 0. The van der Waals surface area contributed by atoms with Gasteiger partial charge in [-0.1, -0.05) is 12.1 Å². The predicted molar refractivity (Wildman–Crippen MR) is 94.3 cm³/mol. The first-order valence-electron chi connectivity index (χ1n) is 8.87. The van der Waals surface area contributed by atoms with Gasteiger partial charge in [0.15, 0.2) is 0 Å². The molecular formula is C19H27N2O2+. The molecule has 0 amide bonds. The van der Waals surface area contributed by atoms with Crippen LogP contribution in [0.5, 0.6) is 0 Å². The maximum atomic E-state index is 12.7. The van der Waals surface area contributed by atoms with Crippen LogP contribution in [0.4, 0.5) is 5.69 Å². The molecule has 1 saturated heterocycles. The van der Waals surface area contributed by atoms with Crippen molar-refractivity contribution in [1.82, 2.24) is 0 Å². The number of fused-ring (bicyclic) bond motifs is 1. The van der Waals surface area contributed by atoms with E-state index in [2.05, 4.69) is 24.8 Å². The van der Waals surface area contributed by atoms with E-state index in [1.165, 1.54) is 24.2 Å². The lowest BCUT2D eigenvalue weighted by molar-refractivity contribution is -0.918. The summed E-state index contributed by atoms with van der Waals surface area (Å²) >= 11 is 0. The minimum Gasteiger partial charge on any atom is -0.422 e.